The lowest BCUT2D eigenvalue weighted by Gasteiger charge is -2.18. The van der Waals surface area contributed by atoms with Crippen molar-refractivity contribution in [3.05, 3.63) is 72.4 Å². The lowest BCUT2D eigenvalue weighted by molar-refractivity contribution is -0.119. The molecular weight excluding hydrogens is 298 g/mol. The third-order valence-corrected chi connectivity index (χ3v) is 4.66. The Morgan fingerprint density at radius 2 is 1.75 bits per heavy atom. The number of rotatable bonds is 3. The molecule has 0 radical (unpaired) electrons. The highest BCUT2D eigenvalue weighted by Gasteiger charge is 2.34. The number of nitrogens with one attached hydrogen (secondary N) is 2. The first-order chi connectivity index (χ1) is 11.8. The maximum absolute atomic E-state index is 12.7. The van der Waals surface area contributed by atoms with E-state index in [-0.39, 0.29) is 17.7 Å². The van der Waals surface area contributed by atoms with E-state index < -0.39 is 0 Å². The van der Waals surface area contributed by atoms with Crippen molar-refractivity contribution >= 4 is 22.5 Å². The first kappa shape index (κ1) is 14.8. The molecule has 2 aromatic carbocycles. The monoisotopic (exact) mass is 317 g/mol. The number of carbonyl (C=O) groups excluding carboxylic acids is 1. The summed E-state index contributed by atoms with van der Waals surface area (Å²) in [5.41, 5.74) is 1.20. The van der Waals surface area contributed by atoms with E-state index in [0.29, 0.717) is 12.4 Å². The predicted octanol–water partition coefficient (Wildman–Crippen LogP) is 3.18. The van der Waals surface area contributed by atoms with Gasteiger partial charge in [-0.3, -0.25) is 4.79 Å². The highest BCUT2D eigenvalue weighted by molar-refractivity contribution is 5.95. The van der Waals surface area contributed by atoms with Crippen molar-refractivity contribution in [2.45, 2.75) is 5.92 Å². The molecule has 0 saturated carbocycles. The maximum Gasteiger partial charge on any atom is 0.230 e. The molecule has 1 aromatic heterocycles. The Hall–Kier alpha value is -2.72. The zero-order chi connectivity index (χ0) is 16.4. The molecule has 120 valence electrons. The molecule has 1 aliphatic heterocycles. The number of pyridine rings is 1. The average molecular weight is 317 g/mol. The minimum absolute atomic E-state index is 0.0247. The summed E-state index contributed by atoms with van der Waals surface area (Å²) in [5.74, 6) is 0.751. The van der Waals surface area contributed by atoms with Gasteiger partial charge in [-0.15, -0.1) is 0 Å². The summed E-state index contributed by atoms with van der Waals surface area (Å²) in [6, 6.07) is 20.2. The van der Waals surface area contributed by atoms with Crippen LogP contribution in [-0.4, -0.2) is 24.0 Å². The Morgan fingerprint density at radius 3 is 2.58 bits per heavy atom. The highest BCUT2D eigenvalue weighted by atomic mass is 16.2. The van der Waals surface area contributed by atoms with Crippen molar-refractivity contribution in [2.24, 2.45) is 5.92 Å². The van der Waals surface area contributed by atoms with Gasteiger partial charge < -0.3 is 10.6 Å². The molecule has 1 unspecified atom stereocenters. The van der Waals surface area contributed by atoms with Crippen LogP contribution in [0.2, 0.25) is 0 Å². The molecule has 4 nitrogen and oxygen atoms in total. The molecule has 0 spiro atoms. The summed E-state index contributed by atoms with van der Waals surface area (Å²) in [7, 11) is 0. The number of hydrogen-bond acceptors (Lipinski definition) is 3. The molecule has 0 bridgehead atoms. The fourth-order valence-electron chi connectivity index (χ4n) is 3.38. The van der Waals surface area contributed by atoms with Gasteiger partial charge in [-0.1, -0.05) is 54.6 Å². The van der Waals surface area contributed by atoms with Crippen LogP contribution in [0.4, 0.5) is 5.82 Å². The summed E-state index contributed by atoms with van der Waals surface area (Å²) in [5, 5.41) is 8.47. The third-order valence-electron chi connectivity index (χ3n) is 4.66. The average Bonchev–Trinajstić information content (AvgIpc) is 3.12. The molecule has 1 saturated heterocycles. The SMILES string of the molecule is O=C(Nc1cc2ccccc2cn1)[C@@H]1CNCC1c1ccccc1. The summed E-state index contributed by atoms with van der Waals surface area (Å²) < 4.78 is 0. The van der Waals surface area contributed by atoms with Crippen molar-refractivity contribution < 1.29 is 4.79 Å². The summed E-state index contributed by atoms with van der Waals surface area (Å²) >= 11 is 0. The van der Waals surface area contributed by atoms with E-state index in [9.17, 15) is 4.79 Å². The standard InChI is InChI=1S/C20H19N3O/c24-20(18-13-21-12-17(18)14-6-2-1-3-7-14)23-19-10-15-8-4-5-9-16(15)11-22-19/h1-11,17-18,21H,12-13H2,(H,22,23,24)/t17?,18-/m1/s1. The lowest BCUT2D eigenvalue weighted by Crippen LogP contribution is -2.28. The smallest absolute Gasteiger partial charge is 0.230 e. The normalized spacial score (nSPS) is 20.2. The van der Waals surface area contributed by atoms with Gasteiger partial charge in [-0.2, -0.15) is 0 Å². The van der Waals surface area contributed by atoms with Gasteiger partial charge in [0, 0.05) is 30.6 Å². The van der Waals surface area contributed by atoms with Gasteiger partial charge in [-0.25, -0.2) is 4.98 Å². The quantitative estimate of drug-likeness (QED) is 0.780. The zero-order valence-electron chi connectivity index (χ0n) is 13.3. The predicted molar refractivity (Wildman–Crippen MR) is 95.9 cm³/mol. The number of fused-ring (bicyclic) bond motifs is 1. The molecule has 2 atom stereocenters. The van der Waals surface area contributed by atoms with Crippen molar-refractivity contribution in [1.29, 1.82) is 0 Å². The van der Waals surface area contributed by atoms with E-state index >= 15 is 0 Å². The van der Waals surface area contributed by atoms with E-state index in [1.165, 1.54) is 5.56 Å². The van der Waals surface area contributed by atoms with Gasteiger partial charge in [-0.05, 0) is 17.0 Å². The molecular formula is C20H19N3O. The van der Waals surface area contributed by atoms with Crippen LogP contribution in [-0.2, 0) is 4.79 Å². The lowest BCUT2D eigenvalue weighted by atomic mass is 9.88. The number of amides is 1. The summed E-state index contributed by atoms with van der Waals surface area (Å²) in [6.45, 7) is 1.52. The van der Waals surface area contributed by atoms with Gasteiger partial charge in [0.05, 0.1) is 5.92 Å². The summed E-state index contributed by atoms with van der Waals surface area (Å²) in [4.78, 5) is 17.1. The van der Waals surface area contributed by atoms with Crippen molar-refractivity contribution in [1.82, 2.24) is 10.3 Å². The first-order valence-corrected chi connectivity index (χ1v) is 8.22. The molecule has 24 heavy (non-hydrogen) atoms. The van der Waals surface area contributed by atoms with Gasteiger partial charge >= 0.3 is 0 Å². The topological polar surface area (TPSA) is 54.0 Å². The van der Waals surface area contributed by atoms with Crippen molar-refractivity contribution in [3.8, 4) is 0 Å². The van der Waals surface area contributed by atoms with E-state index in [4.69, 9.17) is 0 Å². The number of hydrogen-bond donors (Lipinski definition) is 2. The molecule has 3 aromatic rings. The number of benzene rings is 2. The van der Waals surface area contributed by atoms with Crippen LogP contribution in [0.15, 0.2) is 66.9 Å². The Labute approximate surface area is 140 Å². The Balaban J connectivity index is 1.54. The third kappa shape index (κ3) is 2.88. The van der Waals surface area contributed by atoms with E-state index in [0.717, 1.165) is 17.3 Å². The van der Waals surface area contributed by atoms with Crippen LogP contribution in [0.1, 0.15) is 11.5 Å². The Bertz CT molecular complexity index is 863. The van der Waals surface area contributed by atoms with E-state index in [2.05, 4.69) is 27.8 Å². The van der Waals surface area contributed by atoms with Crippen LogP contribution in [0.25, 0.3) is 10.8 Å². The zero-order valence-corrected chi connectivity index (χ0v) is 13.3. The van der Waals surface area contributed by atoms with Gasteiger partial charge in [0.25, 0.3) is 0 Å². The fraction of sp³-hybridized carbons (Fsp3) is 0.200. The van der Waals surface area contributed by atoms with Gasteiger partial charge in [0.15, 0.2) is 0 Å². The minimum Gasteiger partial charge on any atom is -0.315 e. The maximum atomic E-state index is 12.7. The van der Waals surface area contributed by atoms with Crippen LogP contribution in [0, 0.1) is 5.92 Å². The molecule has 1 aliphatic rings. The van der Waals surface area contributed by atoms with Gasteiger partial charge in [0.2, 0.25) is 5.91 Å². The van der Waals surface area contributed by atoms with E-state index in [1.54, 1.807) is 6.20 Å². The number of carbonyl (C=O) groups is 1. The minimum atomic E-state index is -0.0827. The molecule has 0 aliphatic carbocycles. The number of aromatic nitrogens is 1. The molecule has 4 rings (SSSR count). The highest BCUT2D eigenvalue weighted by Crippen LogP contribution is 2.29. The number of nitrogens with zero attached hydrogens (tertiary/aromatic N) is 1. The van der Waals surface area contributed by atoms with E-state index in [1.807, 2.05) is 48.5 Å². The second kappa shape index (κ2) is 6.42. The van der Waals surface area contributed by atoms with Crippen LogP contribution < -0.4 is 10.6 Å². The number of anilines is 1. The Morgan fingerprint density at radius 1 is 1.00 bits per heavy atom. The fourth-order valence-corrected chi connectivity index (χ4v) is 3.38. The molecule has 2 heterocycles. The van der Waals surface area contributed by atoms with Crippen molar-refractivity contribution in [3.63, 3.8) is 0 Å². The Kier molecular flexibility index (Phi) is 3.97. The molecule has 2 N–H and O–H groups in total. The molecule has 4 heteroatoms. The second-order valence-corrected chi connectivity index (χ2v) is 6.19. The van der Waals surface area contributed by atoms with Crippen LogP contribution in [0.5, 0.6) is 0 Å². The largest absolute Gasteiger partial charge is 0.315 e. The van der Waals surface area contributed by atoms with Gasteiger partial charge in [0.1, 0.15) is 5.82 Å². The first-order valence-electron chi connectivity index (χ1n) is 8.22. The van der Waals surface area contributed by atoms with Crippen molar-refractivity contribution in [2.75, 3.05) is 18.4 Å². The van der Waals surface area contributed by atoms with Crippen LogP contribution in [0.3, 0.4) is 0 Å². The molecule has 1 amide bonds. The van der Waals surface area contributed by atoms with Crippen LogP contribution >= 0.6 is 0 Å². The second-order valence-electron chi connectivity index (χ2n) is 6.19. The summed E-state index contributed by atoms with van der Waals surface area (Å²) in [6.07, 6.45) is 1.80. The molecule has 1 fully saturated rings.